The summed E-state index contributed by atoms with van der Waals surface area (Å²) in [4.78, 5) is 10.7. The van der Waals surface area contributed by atoms with Crippen LogP contribution in [0.25, 0.3) is 0 Å². The van der Waals surface area contributed by atoms with Gasteiger partial charge >= 0.3 is 5.97 Å². The van der Waals surface area contributed by atoms with Gasteiger partial charge in [-0.05, 0) is 0 Å². The number of hydrogen-bond acceptors (Lipinski definition) is 3. The first-order chi connectivity index (χ1) is 7.66. The maximum Gasteiger partial charge on any atom is 0.304 e. The van der Waals surface area contributed by atoms with Crippen LogP contribution in [0, 0.1) is 5.82 Å². The quantitative estimate of drug-likeness (QED) is 0.732. The van der Waals surface area contributed by atoms with Crippen LogP contribution in [-0.2, 0) is 10.2 Å². The van der Waals surface area contributed by atoms with E-state index in [1.807, 2.05) is 0 Å². The van der Waals surface area contributed by atoms with E-state index in [4.69, 9.17) is 16.7 Å². The standard InChI is InChI=1S/C11H12ClFO4/c1-11(2,4-7(15)16)8-9(13)5(12)3-6(14)10(8)17/h3,14,17H,4H2,1-2H3,(H,15,16). The van der Waals surface area contributed by atoms with Crippen LogP contribution < -0.4 is 0 Å². The number of carboxylic acid groups (broad SMARTS) is 1. The molecule has 3 N–H and O–H groups in total. The molecule has 0 aromatic heterocycles. The molecule has 0 aliphatic rings. The molecule has 0 amide bonds. The molecule has 0 fully saturated rings. The van der Waals surface area contributed by atoms with Crippen LogP contribution >= 0.6 is 11.6 Å². The lowest BCUT2D eigenvalue weighted by atomic mass is 9.80. The lowest BCUT2D eigenvalue weighted by Crippen LogP contribution is -2.23. The molecule has 0 aliphatic carbocycles. The van der Waals surface area contributed by atoms with Gasteiger partial charge < -0.3 is 15.3 Å². The first kappa shape index (κ1) is 13.6. The van der Waals surface area contributed by atoms with Crippen molar-refractivity contribution in [2.24, 2.45) is 0 Å². The van der Waals surface area contributed by atoms with Gasteiger partial charge in [0.2, 0.25) is 0 Å². The predicted molar refractivity (Wildman–Crippen MR) is 60.0 cm³/mol. The number of hydrogen-bond donors (Lipinski definition) is 3. The highest BCUT2D eigenvalue weighted by atomic mass is 35.5. The minimum Gasteiger partial charge on any atom is -0.504 e. The topological polar surface area (TPSA) is 77.8 Å². The van der Waals surface area contributed by atoms with Crippen molar-refractivity contribution in [2.45, 2.75) is 25.7 Å². The molecule has 1 aromatic carbocycles. The number of aromatic hydroxyl groups is 2. The molecule has 17 heavy (non-hydrogen) atoms. The molecule has 4 nitrogen and oxygen atoms in total. The maximum atomic E-state index is 13.8. The minimum atomic E-state index is -1.19. The van der Waals surface area contributed by atoms with Crippen LogP contribution in [0.4, 0.5) is 4.39 Å². The van der Waals surface area contributed by atoms with E-state index in [-0.39, 0.29) is 10.6 Å². The highest BCUT2D eigenvalue weighted by molar-refractivity contribution is 6.31. The molecule has 1 aromatic rings. The highest BCUT2D eigenvalue weighted by Crippen LogP contribution is 2.43. The number of aliphatic carboxylic acids is 1. The van der Waals surface area contributed by atoms with E-state index in [0.717, 1.165) is 6.07 Å². The van der Waals surface area contributed by atoms with E-state index in [1.165, 1.54) is 13.8 Å². The summed E-state index contributed by atoms with van der Waals surface area (Å²) in [5, 5.41) is 27.3. The molecule has 0 bridgehead atoms. The number of benzene rings is 1. The van der Waals surface area contributed by atoms with Gasteiger partial charge in [-0.1, -0.05) is 25.4 Å². The molecule has 94 valence electrons. The second-order valence-corrected chi connectivity index (χ2v) is 4.78. The molecule has 0 aliphatic heterocycles. The molecular weight excluding hydrogens is 251 g/mol. The first-order valence-corrected chi connectivity index (χ1v) is 5.17. The Balaban J connectivity index is 3.44. The molecule has 0 atom stereocenters. The van der Waals surface area contributed by atoms with Crippen molar-refractivity contribution in [3.05, 3.63) is 22.5 Å². The second kappa shape index (κ2) is 4.41. The molecule has 1 rings (SSSR count). The Morgan fingerprint density at radius 3 is 2.47 bits per heavy atom. The normalized spacial score (nSPS) is 11.5. The molecule has 0 heterocycles. The zero-order valence-corrected chi connectivity index (χ0v) is 10.0. The number of halogens is 2. The molecule has 0 saturated heterocycles. The molecule has 0 saturated carbocycles. The summed E-state index contributed by atoms with van der Waals surface area (Å²) < 4.78 is 13.8. The summed E-state index contributed by atoms with van der Waals surface area (Å²) >= 11 is 5.54. The van der Waals surface area contributed by atoms with Gasteiger partial charge in [-0.2, -0.15) is 0 Å². The summed E-state index contributed by atoms with van der Waals surface area (Å²) in [7, 11) is 0. The molecule has 0 spiro atoms. The van der Waals surface area contributed by atoms with Gasteiger partial charge in [-0.15, -0.1) is 0 Å². The van der Waals surface area contributed by atoms with Crippen molar-refractivity contribution in [1.82, 2.24) is 0 Å². The predicted octanol–water partition coefficient (Wildman–Crippen LogP) is 2.64. The number of carbonyl (C=O) groups is 1. The van der Waals surface area contributed by atoms with E-state index in [0.29, 0.717) is 0 Å². The van der Waals surface area contributed by atoms with E-state index >= 15 is 0 Å². The van der Waals surface area contributed by atoms with Gasteiger partial charge in [0.25, 0.3) is 0 Å². The Bertz CT molecular complexity index is 445. The van der Waals surface area contributed by atoms with Crippen molar-refractivity contribution in [2.75, 3.05) is 0 Å². The van der Waals surface area contributed by atoms with E-state index < -0.39 is 35.1 Å². The maximum absolute atomic E-state index is 13.8. The summed E-state index contributed by atoms with van der Waals surface area (Å²) in [6, 6.07) is 0.868. The van der Waals surface area contributed by atoms with E-state index in [1.54, 1.807) is 0 Å². The SMILES string of the molecule is CC(C)(CC(=O)O)c1c(O)c(O)cc(Cl)c1F. The van der Waals surface area contributed by atoms with Crippen molar-refractivity contribution in [1.29, 1.82) is 0 Å². The third kappa shape index (κ3) is 2.61. The molecule has 0 unspecified atom stereocenters. The largest absolute Gasteiger partial charge is 0.504 e. The average Bonchev–Trinajstić information content (AvgIpc) is 2.12. The van der Waals surface area contributed by atoms with Crippen LogP contribution in [0.5, 0.6) is 11.5 Å². The molecule has 6 heteroatoms. The van der Waals surface area contributed by atoms with Gasteiger partial charge in [-0.3, -0.25) is 4.79 Å². The Labute approximate surface area is 102 Å². The fraction of sp³-hybridized carbons (Fsp3) is 0.364. The fourth-order valence-corrected chi connectivity index (χ4v) is 1.89. The Morgan fingerprint density at radius 1 is 1.47 bits per heavy atom. The second-order valence-electron chi connectivity index (χ2n) is 4.37. The third-order valence-electron chi connectivity index (χ3n) is 2.44. The highest BCUT2D eigenvalue weighted by Gasteiger charge is 2.33. The van der Waals surface area contributed by atoms with Gasteiger partial charge in [0, 0.05) is 17.0 Å². The smallest absolute Gasteiger partial charge is 0.304 e. The van der Waals surface area contributed by atoms with Crippen molar-refractivity contribution in [3.8, 4) is 11.5 Å². The van der Waals surface area contributed by atoms with E-state index in [9.17, 15) is 19.4 Å². The summed E-state index contributed by atoms with van der Waals surface area (Å²) in [5.41, 5.74) is -1.49. The summed E-state index contributed by atoms with van der Waals surface area (Å²) in [6.07, 6.45) is -0.405. The Hall–Kier alpha value is -1.49. The van der Waals surface area contributed by atoms with E-state index in [2.05, 4.69) is 0 Å². The van der Waals surface area contributed by atoms with Crippen molar-refractivity contribution < 1.29 is 24.5 Å². The van der Waals surface area contributed by atoms with Crippen molar-refractivity contribution in [3.63, 3.8) is 0 Å². The number of rotatable bonds is 3. The zero-order chi connectivity index (χ0) is 13.4. The van der Waals surface area contributed by atoms with Crippen LogP contribution in [0.1, 0.15) is 25.8 Å². The molecular formula is C11H12ClFO4. The van der Waals surface area contributed by atoms with Gasteiger partial charge in [0.1, 0.15) is 5.82 Å². The van der Waals surface area contributed by atoms with Crippen LogP contribution in [-0.4, -0.2) is 21.3 Å². The number of carboxylic acids is 1. The molecule has 0 radical (unpaired) electrons. The van der Waals surface area contributed by atoms with Crippen LogP contribution in [0.3, 0.4) is 0 Å². The van der Waals surface area contributed by atoms with Crippen molar-refractivity contribution >= 4 is 17.6 Å². The minimum absolute atomic E-state index is 0.301. The van der Waals surface area contributed by atoms with Crippen LogP contribution in [0.15, 0.2) is 6.07 Å². The monoisotopic (exact) mass is 262 g/mol. The Morgan fingerprint density at radius 2 is 2.00 bits per heavy atom. The van der Waals surface area contributed by atoms with Gasteiger partial charge in [0.15, 0.2) is 11.5 Å². The van der Waals surface area contributed by atoms with Crippen LogP contribution in [0.2, 0.25) is 5.02 Å². The summed E-state index contributed by atoms with van der Waals surface area (Å²) in [6.45, 7) is 2.88. The lowest BCUT2D eigenvalue weighted by Gasteiger charge is -2.25. The summed E-state index contributed by atoms with van der Waals surface area (Å²) in [5.74, 6) is -3.33. The number of phenolic OH excluding ortho intramolecular Hbond substituents is 2. The first-order valence-electron chi connectivity index (χ1n) is 4.79. The number of phenols is 2. The Kier molecular flexibility index (Phi) is 3.52. The van der Waals surface area contributed by atoms with Gasteiger partial charge in [0.05, 0.1) is 11.4 Å². The third-order valence-corrected chi connectivity index (χ3v) is 2.72. The average molecular weight is 263 g/mol. The zero-order valence-electron chi connectivity index (χ0n) is 9.29. The van der Waals surface area contributed by atoms with Gasteiger partial charge in [-0.25, -0.2) is 4.39 Å². The lowest BCUT2D eigenvalue weighted by molar-refractivity contribution is -0.138. The fourth-order valence-electron chi connectivity index (χ4n) is 1.69.